The minimum Gasteiger partial charge on any atom is -0.368 e. The highest BCUT2D eigenvalue weighted by atomic mass is 16.2. The number of benzene rings is 4. The number of hydrogen-bond acceptors (Lipinski definition) is 2. The lowest BCUT2D eigenvalue weighted by Gasteiger charge is -2.35. The van der Waals surface area contributed by atoms with Crippen molar-refractivity contribution < 1.29 is 9.59 Å². The maximum absolute atomic E-state index is 14.3. The van der Waals surface area contributed by atoms with Crippen molar-refractivity contribution >= 4 is 11.8 Å². The summed E-state index contributed by atoms with van der Waals surface area (Å²) in [6.07, 6.45) is 0.322. The van der Waals surface area contributed by atoms with Gasteiger partial charge in [-0.15, -0.1) is 0 Å². The van der Waals surface area contributed by atoms with Gasteiger partial charge in [0, 0.05) is 6.42 Å². The van der Waals surface area contributed by atoms with Crippen LogP contribution in [0.5, 0.6) is 0 Å². The minimum absolute atomic E-state index is 0.298. The van der Waals surface area contributed by atoms with Crippen LogP contribution < -0.4 is 11.1 Å². The van der Waals surface area contributed by atoms with Crippen LogP contribution in [0.15, 0.2) is 115 Å². The quantitative estimate of drug-likeness (QED) is 0.389. The van der Waals surface area contributed by atoms with E-state index in [9.17, 15) is 9.59 Å². The lowest BCUT2D eigenvalue weighted by molar-refractivity contribution is -0.129. The largest absolute Gasteiger partial charge is 0.368 e. The van der Waals surface area contributed by atoms with Crippen molar-refractivity contribution in [3.8, 4) is 0 Å². The first kappa shape index (κ1) is 23.0. The van der Waals surface area contributed by atoms with Crippen molar-refractivity contribution in [1.29, 1.82) is 0 Å². The van der Waals surface area contributed by atoms with Crippen LogP contribution >= 0.6 is 0 Å². The number of nitrogens with two attached hydrogens (primary N) is 1. The number of nitrogens with one attached hydrogen (secondary N) is 1. The van der Waals surface area contributed by atoms with Gasteiger partial charge in [0.05, 0.1) is 0 Å². The van der Waals surface area contributed by atoms with Gasteiger partial charge in [0.25, 0.3) is 0 Å². The predicted molar refractivity (Wildman–Crippen MR) is 135 cm³/mol. The molecule has 0 unspecified atom stereocenters. The van der Waals surface area contributed by atoms with Gasteiger partial charge in [0.1, 0.15) is 11.5 Å². The Morgan fingerprint density at radius 1 is 0.706 bits per heavy atom. The Hall–Kier alpha value is -4.18. The molecular weight excluding hydrogens is 420 g/mol. The average Bonchev–Trinajstić information content (AvgIpc) is 2.87. The van der Waals surface area contributed by atoms with Crippen LogP contribution in [0.2, 0.25) is 0 Å². The molecule has 0 aromatic heterocycles. The Morgan fingerprint density at radius 2 is 1.12 bits per heavy atom. The maximum Gasteiger partial charge on any atom is 0.240 e. The monoisotopic (exact) mass is 448 g/mol. The van der Waals surface area contributed by atoms with E-state index < -0.39 is 17.4 Å². The molecule has 3 N–H and O–H groups in total. The number of carbonyl (C=O) groups is 2. The topological polar surface area (TPSA) is 72.2 Å². The Labute approximate surface area is 200 Å². The van der Waals surface area contributed by atoms with E-state index in [1.54, 1.807) is 0 Å². The molecule has 0 heterocycles. The first-order chi connectivity index (χ1) is 16.5. The second kappa shape index (κ2) is 10.2. The van der Waals surface area contributed by atoms with Gasteiger partial charge in [0.2, 0.25) is 11.8 Å². The average molecular weight is 449 g/mol. The van der Waals surface area contributed by atoms with Crippen LogP contribution in [0.3, 0.4) is 0 Å². The fourth-order valence-electron chi connectivity index (χ4n) is 4.51. The molecule has 0 bridgehead atoms. The molecule has 0 aliphatic heterocycles. The zero-order valence-electron chi connectivity index (χ0n) is 19.1. The molecule has 0 spiro atoms. The summed E-state index contributed by atoms with van der Waals surface area (Å²) in [6.45, 7) is 1.98. The number of carbonyl (C=O) groups excluding carboxylic acids is 2. The minimum atomic E-state index is -1.16. The molecule has 4 nitrogen and oxygen atoms in total. The van der Waals surface area contributed by atoms with Crippen LogP contribution in [0.25, 0.3) is 0 Å². The number of hydrogen-bond donors (Lipinski definition) is 2. The molecule has 0 aliphatic carbocycles. The normalized spacial score (nSPS) is 12.0. The van der Waals surface area contributed by atoms with Crippen molar-refractivity contribution in [1.82, 2.24) is 5.32 Å². The predicted octanol–water partition coefficient (Wildman–Crippen LogP) is 4.54. The molecule has 2 amide bonds. The van der Waals surface area contributed by atoms with Crippen LogP contribution in [0.4, 0.5) is 0 Å². The second-order valence-corrected chi connectivity index (χ2v) is 8.41. The summed E-state index contributed by atoms with van der Waals surface area (Å²) in [5.41, 5.74) is 9.07. The van der Waals surface area contributed by atoms with E-state index >= 15 is 0 Å². The van der Waals surface area contributed by atoms with Crippen molar-refractivity contribution in [2.24, 2.45) is 5.73 Å². The van der Waals surface area contributed by atoms with Crippen molar-refractivity contribution in [2.75, 3.05) is 0 Å². The van der Waals surface area contributed by atoms with E-state index in [2.05, 4.69) is 5.32 Å². The van der Waals surface area contributed by atoms with E-state index in [1.807, 2.05) is 122 Å². The number of rotatable bonds is 8. The van der Waals surface area contributed by atoms with E-state index in [0.717, 1.165) is 27.8 Å². The first-order valence-electron chi connectivity index (χ1n) is 11.3. The third-order valence-electron chi connectivity index (χ3n) is 6.30. The first-order valence-corrected chi connectivity index (χ1v) is 11.3. The van der Waals surface area contributed by atoms with Gasteiger partial charge in [-0.25, -0.2) is 0 Å². The zero-order valence-corrected chi connectivity index (χ0v) is 19.1. The Bertz CT molecular complexity index is 1160. The van der Waals surface area contributed by atoms with Crippen LogP contribution in [-0.2, 0) is 21.4 Å². The molecule has 170 valence electrons. The highest BCUT2D eigenvalue weighted by molar-refractivity contribution is 5.98. The lowest BCUT2D eigenvalue weighted by Crippen LogP contribution is -2.54. The van der Waals surface area contributed by atoms with Crippen LogP contribution in [0, 0.1) is 6.92 Å². The third kappa shape index (κ3) is 4.48. The van der Waals surface area contributed by atoms with Gasteiger partial charge in [-0.05, 0) is 34.7 Å². The van der Waals surface area contributed by atoms with E-state index in [-0.39, 0.29) is 5.91 Å². The summed E-state index contributed by atoms with van der Waals surface area (Å²) in [5.74, 6) is -0.867. The third-order valence-corrected chi connectivity index (χ3v) is 6.30. The summed E-state index contributed by atoms with van der Waals surface area (Å²) in [4.78, 5) is 26.8. The van der Waals surface area contributed by atoms with Crippen LogP contribution in [-0.4, -0.2) is 17.9 Å². The van der Waals surface area contributed by atoms with Gasteiger partial charge in [0.15, 0.2) is 0 Å². The van der Waals surface area contributed by atoms with E-state index in [1.165, 1.54) is 0 Å². The van der Waals surface area contributed by atoms with E-state index in [0.29, 0.717) is 6.42 Å². The summed E-state index contributed by atoms with van der Waals surface area (Å²) in [7, 11) is 0. The molecule has 1 atom stereocenters. The molecular formula is C30H28N2O2. The highest BCUT2D eigenvalue weighted by Gasteiger charge is 2.44. The van der Waals surface area contributed by atoms with Gasteiger partial charge in [-0.1, -0.05) is 115 Å². The number of amides is 2. The molecule has 0 saturated heterocycles. The molecule has 0 aliphatic rings. The maximum atomic E-state index is 14.3. The second-order valence-electron chi connectivity index (χ2n) is 8.41. The molecule has 34 heavy (non-hydrogen) atoms. The van der Waals surface area contributed by atoms with Crippen LogP contribution in [0.1, 0.15) is 27.8 Å². The van der Waals surface area contributed by atoms with E-state index in [4.69, 9.17) is 5.73 Å². The Morgan fingerprint density at radius 3 is 1.53 bits per heavy atom. The standard InChI is InChI=1S/C30H28N2O2/c1-22-13-11-12-14-23(22)21-27(28(31)33)32-29(34)30(24-15-5-2-6-16-24,25-17-7-3-8-18-25)26-19-9-4-10-20-26/h2-20,27H,21H2,1H3,(H2,31,33)(H,32,34)/t27-/m1/s1. The molecule has 0 fully saturated rings. The molecule has 4 rings (SSSR count). The molecule has 4 aromatic rings. The zero-order chi connectivity index (χ0) is 24.0. The Kier molecular flexibility index (Phi) is 6.88. The van der Waals surface area contributed by atoms with Crippen molar-refractivity contribution in [2.45, 2.75) is 24.8 Å². The molecule has 0 radical (unpaired) electrons. The number of aryl methyl sites for hydroxylation is 1. The molecule has 0 saturated carbocycles. The summed E-state index contributed by atoms with van der Waals surface area (Å²) in [5, 5.41) is 3.02. The summed E-state index contributed by atoms with van der Waals surface area (Å²) >= 11 is 0. The van der Waals surface area contributed by atoms with Gasteiger partial charge in [-0.3, -0.25) is 9.59 Å². The Balaban J connectivity index is 1.85. The lowest BCUT2D eigenvalue weighted by atomic mass is 9.68. The summed E-state index contributed by atoms with van der Waals surface area (Å²) < 4.78 is 0. The fraction of sp³-hybridized carbons (Fsp3) is 0.133. The smallest absolute Gasteiger partial charge is 0.240 e. The fourth-order valence-corrected chi connectivity index (χ4v) is 4.51. The molecule has 4 heteroatoms. The van der Waals surface area contributed by atoms with Gasteiger partial charge < -0.3 is 11.1 Å². The molecule has 4 aromatic carbocycles. The summed E-state index contributed by atoms with van der Waals surface area (Å²) in [6, 6.07) is 35.9. The highest BCUT2D eigenvalue weighted by Crippen LogP contribution is 2.39. The van der Waals surface area contributed by atoms with Crippen molar-refractivity contribution in [3.63, 3.8) is 0 Å². The SMILES string of the molecule is Cc1ccccc1C[C@@H](NC(=O)C(c1ccccc1)(c1ccccc1)c1ccccc1)C(N)=O. The van der Waals surface area contributed by atoms with Gasteiger partial charge >= 0.3 is 0 Å². The van der Waals surface area contributed by atoms with Crippen molar-refractivity contribution in [3.05, 3.63) is 143 Å². The van der Waals surface area contributed by atoms with Gasteiger partial charge in [-0.2, -0.15) is 0 Å². The number of primary amides is 1.